The lowest BCUT2D eigenvalue weighted by atomic mass is 10.0. The molecule has 4 heteroatoms. The summed E-state index contributed by atoms with van der Waals surface area (Å²) in [4.78, 5) is 17.3. The minimum atomic E-state index is -0.436. The highest BCUT2D eigenvalue weighted by Crippen LogP contribution is 2.51. The van der Waals surface area contributed by atoms with Gasteiger partial charge in [0.25, 0.3) is 0 Å². The Bertz CT molecular complexity index is 861. The normalized spacial score (nSPS) is 30.0. The lowest BCUT2D eigenvalue weighted by molar-refractivity contribution is -0.138. The first-order valence-corrected chi connectivity index (χ1v) is 9.91. The Morgan fingerprint density at radius 1 is 1.07 bits per heavy atom. The van der Waals surface area contributed by atoms with E-state index in [1.165, 1.54) is 22.3 Å². The van der Waals surface area contributed by atoms with Gasteiger partial charge in [0.2, 0.25) is 5.91 Å². The third-order valence-electron chi connectivity index (χ3n) is 6.72. The number of ether oxygens (including phenoxy) is 1. The fraction of sp³-hybridized carbons (Fsp3) is 0.435. The van der Waals surface area contributed by atoms with Crippen molar-refractivity contribution in [3.8, 4) is 0 Å². The maximum absolute atomic E-state index is 12.8. The molecule has 3 aliphatic rings. The molecule has 3 heterocycles. The zero-order valence-corrected chi connectivity index (χ0v) is 16.0. The van der Waals surface area contributed by atoms with E-state index in [0.29, 0.717) is 13.0 Å². The maximum atomic E-state index is 12.8. The molecule has 1 spiro atoms. The molecule has 0 saturated carbocycles. The second-order valence-corrected chi connectivity index (χ2v) is 8.18. The van der Waals surface area contributed by atoms with Crippen molar-refractivity contribution in [3.63, 3.8) is 0 Å². The van der Waals surface area contributed by atoms with Crippen molar-refractivity contribution in [2.75, 3.05) is 13.1 Å². The van der Waals surface area contributed by atoms with E-state index in [1.807, 2.05) is 23.1 Å². The van der Waals surface area contributed by atoms with Crippen LogP contribution in [0.15, 0.2) is 48.5 Å². The van der Waals surface area contributed by atoms with E-state index in [-0.39, 0.29) is 18.1 Å². The van der Waals surface area contributed by atoms with E-state index < -0.39 is 5.72 Å². The molecule has 27 heavy (non-hydrogen) atoms. The molecule has 3 aliphatic heterocycles. The minimum Gasteiger partial charge on any atom is -0.344 e. The summed E-state index contributed by atoms with van der Waals surface area (Å²) in [5.41, 5.74) is 4.77. The topological polar surface area (TPSA) is 32.8 Å². The molecule has 140 valence electrons. The molecule has 0 aromatic heterocycles. The smallest absolute Gasteiger partial charge is 0.226 e. The van der Waals surface area contributed by atoms with Gasteiger partial charge in [0.1, 0.15) is 6.10 Å². The molecule has 0 unspecified atom stereocenters. The van der Waals surface area contributed by atoms with E-state index in [9.17, 15) is 4.79 Å². The average Bonchev–Trinajstić information content (AvgIpc) is 3.28. The van der Waals surface area contributed by atoms with E-state index in [1.54, 1.807) is 0 Å². The van der Waals surface area contributed by atoms with Crippen LogP contribution in [0.1, 0.15) is 41.2 Å². The van der Waals surface area contributed by atoms with Crippen LogP contribution in [0, 0.1) is 13.8 Å². The van der Waals surface area contributed by atoms with Crippen molar-refractivity contribution in [1.82, 2.24) is 9.80 Å². The van der Waals surface area contributed by atoms with Gasteiger partial charge < -0.3 is 9.64 Å². The zero-order valence-electron chi connectivity index (χ0n) is 16.0. The minimum absolute atomic E-state index is 0.0157. The van der Waals surface area contributed by atoms with Crippen molar-refractivity contribution in [2.45, 2.75) is 51.1 Å². The lowest BCUT2D eigenvalue weighted by Gasteiger charge is -2.32. The first kappa shape index (κ1) is 17.0. The molecule has 0 aliphatic carbocycles. The number of amides is 1. The Hall–Kier alpha value is -2.17. The van der Waals surface area contributed by atoms with E-state index >= 15 is 0 Å². The third-order valence-corrected chi connectivity index (χ3v) is 6.72. The monoisotopic (exact) mass is 362 g/mol. The van der Waals surface area contributed by atoms with Crippen LogP contribution in [0.3, 0.4) is 0 Å². The number of aryl methyl sites for hydroxylation is 2. The molecule has 5 rings (SSSR count). The number of carbonyl (C=O) groups excluding carboxylic acids is 1. The molecular formula is C23H26N2O2. The van der Waals surface area contributed by atoms with Crippen LogP contribution >= 0.6 is 0 Å². The van der Waals surface area contributed by atoms with Crippen LogP contribution in [-0.4, -0.2) is 40.6 Å². The fourth-order valence-corrected chi connectivity index (χ4v) is 5.24. The summed E-state index contributed by atoms with van der Waals surface area (Å²) in [6.07, 6.45) is 1.46. The van der Waals surface area contributed by atoms with E-state index in [0.717, 1.165) is 19.5 Å². The second kappa shape index (κ2) is 6.18. The van der Waals surface area contributed by atoms with Crippen molar-refractivity contribution in [2.24, 2.45) is 0 Å². The highest BCUT2D eigenvalue weighted by molar-refractivity contribution is 5.81. The molecule has 2 aromatic carbocycles. The van der Waals surface area contributed by atoms with Gasteiger partial charge in [0.15, 0.2) is 5.72 Å². The summed E-state index contributed by atoms with van der Waals surface area (Å²) >= 11 is 0. The Morgan fingerprint density at radius 3 is 2.56 bits per heavy atom. The molecule has 3 saturated heterocycles. The van der Waals surface area contributed by atoms with Gasteiger partial charge in [0, 0.05) is 25.9 Å². The number of benzene rings is 2. The van der Waals surface area contributed by atoms with Crippen LogP contribution in [-0.2, 0) is 16.1 Å². The van der Waals surface area contributed by atoms with Gasteiger partial charge in [-0.2, -0.15) is 0 Å². The van der Waals surface area contributed by atoms with Crippen LogP contribution in [0.2, 0.25) is 0 Å². The predicted molar refractivity (Wildman–Crippen MR) is 104 cm³/mol. The number of likely N-dealkylation sites (tertiary alicyclic amines) is 1. The molecule has 1 amide bonds. The van der Waals surface area contributed by atoms with Crippen molar-refractivity contribution in [3.05, 3.63) is 70.8 Å². The quantitative estimate of drug-likeness (QED) is 0.837. The molecule has 3 atom stereocenters. The number of nitrogens with zero attached hydrogens (tertiary/aromatic N) is 2. The SMILES string of the molecule is Cc1cccc(C)c1CN1CC[C@@]23O[C@@H](c4ccccc4)CN2C(=O)C[C@@H]13. The summed E-state index contributed by atoms with van der Waals surface area (Å²) < 4.78 is 6.65. The number of hydrogen-bond acceptors (Lipinski definition) is 3. The molecular weight excluding hydrogens is 336 g/mol. The van der Waals surface area contributed by atoms with Gasteiger partial charge in [-0.25, -0.2) is 0 Å². The summed E-state index contributed by atoms with van der Waals surface area (Å²) in [6.45, 7) is 6.90. The summed E-state index contributed by atoms with van der Waals surface area (Å²) in [7, 11) is 0. The van der Waals surface area contributed by atoms with Gasteiger partial charge in [-0.1, -0.05) is 48.5 Å². The van der Waals surface area contributed by atoms with Crippen LogP contribution in [0.25, 0.3) is 0 Å². The van der Waals surface area contributed by atoms with Gasteiger partial charge in [-0.15, -0.1) is 0 Å². The van der Waals surface area contributed by atoms with Gasteiger partial charge in [0.05, 0.1) is 12.6 Å². The third kappa shape index (κ3) is 2.54. The van der Waals surface area contributed by atoms with Crippen molar-refractivity contribution >= 4 is 5.91 Å². The first-order chi connectivity index (χ1) is 13.1. The fourth-order valence-electron chi connectivity index (χ4n) is 5.24. The van der Waals surface area contributed by atoms with Crippen LogP contribution in [0.4, 0.5) is 0 Å². The maximum Gasteiger partial charge on any atom is 0.226 e. The second-order valence-electron chi connectivity index (χ2n) is 8.18. The predicted octanol–water partition coefficient (Wildman–Crippen LogP) is 3.58. The van der Waals surface area contributed by atoms with Gasteiger partial charge >= 0.3 is 0 Å². The Morgan fingerprint density at radius 2 is 1.81 bits per heavy atom. The zero-order chi connectivity index (χ0) is 18.6. The average molecular weight is 362 g/mol. The highest BCUT2D eigenvalue weighted by Gasteiger charge is 2.63. The Kier molecular flexibility index (Phi) is 3.88. The summed E-state index contributed by atoms with van der Waals surface area (Å²) in [5, 5.41) is 0. The molecule has 2 aromatic rings. The molecule has 0 bridgehead atoms. The standard InChI is InChI=1S/C23H26N2O2/c1-16-7-6-8-17(2)19(16)14-24-12-11-23-21(24)13-22(26)25(23)15-20(27-23)18-9-4-3-5-10-18/h3-10,20-21H,11-15H2,1-2H3/t20-,21-,23+/m1/s1. The number of carbonyl (C=O) groups is 1. The first-order valence-electron chi connectivity index (χ1n) is 9.91. The van der Waals surface area contributed by atoms with Crippen LogP contribution in [0.5, 0.6) is 0 Å². The number of hydrogen-bond donors (Lipinski definition) is 0. The molecule has 0 N–H and O–H groups in total. The molecule has 4 nitrogen and oxygen atoms in total. The van der Waals surface area contributed by atoms with Crippen LogP contribution < -0.4 is 0 Å². The van der Waals surface area contributed by atoms with E-state index in [2.05, 4.69) is 49.1 Å². The number of rotatable bonds is 3. The Labute approximate surface area is 160 Å². The van der Waals surface area contributed by atoms with Crippen molar-refractivity contribution in [1.29, 1.82) is 0 Å². The van der Waals surface area contributed by atoms with Gasteiger partial charge in [-0.05, 0) is 36.1 Å². The largest absolute Gasteiger partial charge is 0.344 e. The molecule has 3 fully saturated rings. The van der Waals surface area contributed by atoms with Crippen molar-refractivity contribution < 1.29 is 9.53 Å². The molecule has 0 radical (unpaired) electrons. The van der Waals surface area contributed by atoms with Gasteiger partial charge in [-0.3, -0.25) is 9.69 Å². The summed E-state index contributed by atoms with van der Waals surface area (Å²) in [6, 6.07) is 16.9. The Balaban J connectivity index is 1.43. The lowest BCUT2D eigenvalue weighted by Crippen LogP contribution is -2.47. The summed E-state index contributed by atoms with van der Waals surface area (Å²) in [5.74, 6) is 0.240. The highest BCUT2D eigenvalue weighted by atomic mass is 16.5. The van der Waals surface area contributed by atoms with E-state index in [4.69, 9.17) is 4.74 Å².